The Morgan fingerprint density at radius 2 is 1.65 bits per heavy atom. The van der Waals surface area contributed by atoms with Gasteiger partial charge in [0.2, 0.25) is 0 Å². The zero-order valence-electron chi connectivity index (χ0n) is 19.4. The smallest absolute Gasteiger partial charge is 0.174 e. The molecule has 1 saturated heterocycles. The van der Waals surface area contributed by atoms with Crippen molar-refractivity contribution in [1.29, 1.82) is 0 Å². The van der Waals surface area contributed by atoms with Crippen LogP contribution in [0.1, 0.15) is 23.5 Å². The number of anilines is 2. The van der Waals surface area contributed by atoms with Crippen LogP contribution in [-0.2, 0) is 0 Å². The zero-order valence-corrected chi connectivity index (χ0v) is 20.2. The topological polar surface area (TPSA) is 45.6 Å². The van der Waals surface area contributed by atoms with Gasteiger partial charge in [-0.1, -0.05) is 6.07 Å². The summed E-state index contributed by atoms with van der Waals surface area (Å²) < 4.78 is 7.56. The Labute approximate surface area is 205 Å². The van der Waals surface area contributed by atoms with Crippen molar-refractivity contribution in [3.8, 4) is 11.4 Å². The minimum absolute atomic E-state index is 0.0929. The van der Waals surface area contributed by atoms with Crippen LogP contribution in [-0.4, -0.2) is 35.9 Å². The minimum Gasteiger partial charge on any atom is -0.497 e. The van der Waals surface area contributed by atoms with Crippen molar-refractivity contribution in [2.75, 3.05) is 31.0 Å². The van der Waals surface area contributed by atoms with E-state index in [1.165, 1.54) is 0 Å². The summed E-state index contributed by atoms with van der Waals surface area (Å²) in [6, 6.07) is 26.6. The maximum Gasteiger partial charge on any atom is 0.174 e. The largest absolute Gasteiger partial charge is 0.497 e. The van der Waals surface area contributed by atoms with Gasteiger partial charge in [0.15, 0.2) is 5.11 Å². The SMILES string of the molecule is COc1ccc(-n2cccc2[C@@H]2[C@@H](c3ccccn3)NC(=S)N2c2ccc(N(C)C)cc2)cc1. The van der Waals surface area contributed by atoms with Gasteiger partial charge in [0.1, 0.15) is 11.8 Å². The van der Waals surface area contributed by atoms with Crippen LogP contribution in [0.25, 0.3) is 5.69 Å². The molecule has 2 atom stereocenters. The predicted molar refractivity (Wildman–Crippen MR) is 141 cm³/mol. The molecule has 34 heavy (non-hydrogen) atoms. The first-order chi connectivity index (χ1) is 16.6. The molecule has 4 aromatic rings. The highest BCUT2D eigenvalue weighted by molar-refractivity contribution is 7.80. The second kappa shape index (κ2) is 9.19. The van der Waals surface area contributed by atoms with E-state index in [0.29, 0.717) is 5.11 Å². The van der Waals surface area contributed by atoms with E-state index in [1.54, 1.807) is 7.11 Å². The van der Waals surface area contributed by atoms with Gasteiger partial charge >= 0.3 is 0 Å². The molecular formula is C27H27N5OS. The Kier molecular flexibility index (Phi) is 5.94. The van der Waals surface area contributed by atoms with Gasteiger partial charge in [-0.3, -0.25) is 4.98 Å². The van der Waals surface area contributed by atoms with Crippen LogP contribution >= 0.6 is 12.2 Å². The van der Waals surface area contributed by atoms with Crippen molar-refractivity contribution in [2.45, 2.75) is 12.1 Å². The average molecular weight is 470 g/mol. The van der Waals surface area contributed by atoms with Crippen LogP contribution < -0.4 is 19.9 Å². The van der Waals surface area contributed by atoms with Crippen LogP contribution in [0.3, 0.4) is 0 Å². The van der Waals surface area contributed by atoms with Crippen LogP contribution in [0.5, 0.6) is 5.75 Å². The highest BCUT2D eigenvalue weighted by Gasteiger charge is 2.42. The third kappa shape index (κ3) is 3.99. The Morgan fingerprint density at radius 3 is 2.29 bits per heavy atom. The highest BCUT2D eigenvalue weighted by Crippen LogP contribution is 2.42. The molecule has 1 N–H and O–H groups in total. The van der Waals surface area contributed by atoms with E-state index in [-0.39, 0.29) is 12.1 Å². The highest BCUT2D eigenvalue weighted by atomic mass is 32.1. The molecule has 0 spiro atoms. The van der Waals surface area contributed by atoms with E-state index < -0.39 is 0 Å². The Balaban J connectivity index is 1.62. The zero-order chi connectivity index (χ0) is 23.7. The van der Waals surface area contributed by atoms with Crippen LogP contribution in [0, 0.1) is 0 Å². The first kappa shape index (κ1) is 22.0. The Morgan fingerprint density at radius 1 is 0.912 bits per heavy atom. The molecule has 0 aliphatic carbocycles. The second-order valence-electron chi connectivity index (χ2n) is 8.41. The lowest BCUT2D eigenvalue weighted by Crippen LogP contribution is -2.30. The number of thiocarbonyl (C=S) groups is 1. The number of hydrogen-bond donors (Lipinski definition) is 1. The molecule has 5 rings (SSSR count). The van der Waals surface area contributed by atoms with Crippen molar-refractivity contribution >= 4 is 28.7 Å². The summed E-state index contributed by atoms with van der Waals surface area (Å²) in [7, 11) is 5.76. The lowest BCUT2D eigenvalue weighted by Gasteiger charge is -2.29. The van der Waals surface area contributed by atoms with E-state index in [4.69, 9.17) is 17.0 Å². The number of rotatable bonds is 6. The average Bonchev–Trinajstić information content (AvgIpc) is 3.49. The fourth-order valence-corrected chi connectivity index (χ4v) is 4.80. The van der Waals surface area contributed by atoms with E-state index in [9.17, 15) is 0 Å². The summed E-state index contributed by atoms with van der Waals surface area (Å²) in [6.45, 7) is 0. The Bertz CT molecular complexity index is 1270. The molecule has 2 aromatic heterocycles. The summed E-state index contributed by atoms with van der Waals surface area (Å²) in [5.74, 6) is 0.829. The minimum atomic E-state index is -0.103. The number of nitrogens with zero attached hydrogens (tertiary/aromatic N) is 4. The monoisotopic (exact) mass is 469 g/mol. The van der Waals surface area contributed by atoms with Crippen LogP contribution in [0.15, 0.2) is 91.3 Å². The third-order valence-electron chi connectivity index (χ3n) is 6.18. The predicted octanol–water partition coefficient (Wildman–Crippen LogP) is 5.12. The van der Waals surface area contributed by atoms with Gasteiger partial charge in [0.25, 0.3) is 0 Å². The fourth-order valence-electron chi connectivity index (χ4n) is 4.46. The molecule has 0 radical (unpaired) electrons. The van der Waals surface area contributed by atoms with E-state index in [2.05, 4.69) is 79.4 Å². The van der Waals surface area contributed by atoms with Crippen LogP contribution in [0.2, 0.25) is 0 Å². The molecule has 7 heteroatoms. The fraction of sp³-hybridized carbons (Fsp3) is 0.185. The molecule has 1 aliphatic rings. The van der Waals surface area contributed by atoms with E-state index in [0.717, 1.165) is 34.2 Å². The summed E-state index contributed by atoms with van der Waals surface area (Å²) in [6.07, 6.45) is 3.91. The van der Waals surface area contributed by atoms with Crippen LogP contribution in [0.4, 0.5) is 11.4 Å². The molecular weight excluding hydrogens is 442 g/mol. The molecule has 1 fully saturated rings. The number of ether oxygens (including phenoxy) is 1. The van der Waals surface area contributed by atoms with Gasteiger partial charge in [-0.15, -0.1) is 0 Å². The van der Waals surface area contributed by atoms with Gasteiger partial charge in [-0.25, -0.2) is 0 Å². The van der Waals surface area contributed by atoms with Gasteiger partial charge in [0, 0.05) is 49.2 Å². The summed E-state index contributed by atoms with van der Waals surface area (Å²) in [4.78, 5) is 8.95. The molecule has 2 aromatic carbocycles. The third-order valence-corrected chi connectivity index (χ3v) is 6.49. The summed E-state index contributed by atoms with van der Waals surface area (Å²) >= 11 is 5.88. The van der Waals surface area contributed by atoms with Crippen molar-refractivity contribution in [3.05, 3.63) is 103 Å². The molecule has 3 heterocycles. The van der Waals surface area contributed by atoms with Gasteiger partial charge in [-0.05, 0) is 85.0 Å². The first-order valence-electron chi connectivity index (χ1n) is 11.2. The number of methoxy groups -OCH3 is 1. The maximum atomic E-state index is 5.88. The molecule has 1 aliphatic heterocycles. The van der Waals surface area contributed by atoms with Crippen molar-refractivity contribution < 1.29 is 4.74 Å². The maximum absolute atomic E-state index is 5.88. The molecule has 0 bridgehead atoms. The second-order valence-corrected chi connectivity index (χ2v) is 8.80. The van der Waals surface area contributed by atoms with Gasteiger partial charge < -0.3 is 24.4 Å². The first-order valence-corrected chi connectivity index (χ1v) is 11.6. The standard InChI is InChI=1S/C27H27N5OS/c1-30(2)19-9-11-21(12-10-19)32-26(25(29-27(32)34)23-7-4-5-17-28-23)24-8-6-18-31(24)20-13-15-22(33-3)16-14-20/h4-18,25-26H,1-3H3,(H,29,34)/t25-,26-/m1/s1. The lowest BCUT2D eigenvalue weighted by molar-refractivity contribution is 0.414. The Hall–Kier alpha value is -3.84. The molecule has 172 valence electrons. The van der Waals surface area contributed by atoms with Gasteiger partial charge in [0.05, 0.1) is 18.8 Å². The number of nitrogens with one attached hydrogen (secondary N) is 1. The van der Waals surface area contributed by atoms with E-state index in [1.807, 2.05) is 50.6 Å². The lowest BCUT2D eigenvalue weighted by atomic mass is 10.0. The number of aromatic nitrogens is 2. The molecule has 6 nitrogen and oxygen atoms in total. The van der Waals surface area contributed by atoms with Gasteiger partial charge in [-0.2, -0.15) is 0 Å². The van der Waals surface area contributed by atoms with Crippen molar-refractivity contribution in [1.82, 2.24) is 14.9 Å². The molecule has 0 amide bonds. The number of pyridine rings is 1. The normalized spacial score (nSPS) is 17.5. The summed E-state index contributed by atoms with van der Waals surface area (Å²) in [5.41, 5.74) is 5.30. The van der Waals surface area contributed by atoms with Crippen molar-refractivity contribution in [2.24, 2.45) is 0 Å². The summed E-state index contributed by atoms with van der Waals surface area (Å²) in [5, 5.41) is 4.22. The number of benzene rings is 2. The molecule has 0 saturated carbocycles. The quantitative estimate of drug-likeness (QED) is 0.395. The molecule has 0 unspecified atom stereocenters. The number of hydrogen-bond acceptors (Lipinski definition) is 4. The van der Waals surface area contributed by atoms with Crippen molar-refractivity contribution in [3.63, 3.8) is 0 Å². The van der Waals surface area contributed by atoms with E-state index >= 15 is 0 Å².